The van der Waals surface area contributed by atoms with E-state index in [2.05, 4.69) is 0 Å². The fourth-order valence-corrected chi connectivity index (χ4v) is 3.65. The van der Waals surface area contributed by atoms with Crippen molar-refractivity contribution in [1.29, 1.82) is 0 Å². The lowest BCUT2D eigenvalue weighted by molar-refractivity contribution is -0.142. The number of aliphatic carboxylic acids is 1. The van der Waals surface area contributed by atoms with Crippen molar-refractivity contribution >= 4 is 12.0 Å². The minimum atomic E-state index is -0.784. The van der Waals surface area contributed by atoms with Crippen molar-refractivity contribution in [3.8, 4) is 0 Å². The van der Waals surface area contributed by atoms with Crippen LogP contribution in [-0.2, 0) is 11.3 Å². The summed E-state index contributed by atoms with van der Waals surface area (Å²) < 4.78 is 5.24. The molecule has 2 saturated heterocycles. The molecule has 0 saturated carbocycles. The number of hydrogen-bond acceptors (Lipinski definition) is 3. The van der Waals surface area contributed by atoms with Crippen molar-refractivity contribution in [2.75, 3.05) is 7.05 Å². The van der Waals surface area contributed by atoms with Crippen molar-refractivity contribution in [3.05, 3.63) is 23.7 Å². The van der Waals surface area contributed by atoms with E-state index in [0.717, 1.165) is 24.2 Å². The average Bonchev–Trinajstić information content (AvgIpc) is 3.13. The normalized spacial score (nSPS) is 27.1. The van der Waals surface area contributed by atoms with Gasteiger partial charge >= 0.3 is 12.0 Å². The number of aryl methyl sites for hydroxylation is 1. The van der Waals surface area contributed by atoms with Gasteiger partial charge in [0.1, 0.15) is 5.76 Å². The van der Waals surface area contributed by atoms with Crippen LogP contribution in [0.1, 0.15) is 30.6 Å². The molecular formula is C15H20N2O4. The molecule has 3 rings (SSSR count). The molecule has 2 fully saturated rings. The van der Waals surface area contributed by atoms with Gasteiger partial charge in [-0.05, 0) is 32.3 Å². The van der Waals surface area contributed by atoms with Crippen LogP contribution < -0.4 is 0 Å². The molecule has 2 aliphatic rings. The average molecular weight is 292 g/mol. The highest BCUT2D eigenvalue weighted by atomic mass is 16.4. The Morgan fingerprint density at radius 1 is 1.48 bits per heavy atom. The van der Waals surface area contributed by atoms with Crippen molar-refractivity contribution in [3.63, 3.8) is 0 Å². The number of furan rings is 1. The van der Waals surface area contributed by atoms with Gasteiger partial charge in [-0.3, -0.25) is 4.79 Å². The van der Waals surface area contributed by atoms with Crippen LogP contribution in [0.5, 0.6) is 0 Å². The first-order chi connectivity index (χ1) is 9.99. The summed E-state index contributed by atoms with van der Waals surface area (Å²) in [5.41, 5.74) is 0.979. The molecule has 1 aromatic heterocycles. The molecule has 0 spiro atoms. The molecule has 0 aliphatic carbocycles. The molecule has 2 aliphatic heterocycles. The van der Waals surface area contributed by atoms with E-state index in [1.54, 1.807) is 23.1 Å². The highest BCUT2D eigenvalue weighted by Crippen LogP contribution is 2.42. The Morgan fingerprint density at radius 3 is 2.81 bits per heavy atom. The topological polar surface area (TPSA) is 74.0 Å². The Hall–Kier alpha value is -1.98. The van der Waals surface area contributed by atoms with Gasteiger partial charge < -0.3 is 19.3 Å². The maximum Gasteiger partial charge on any atom is 0.320 e. The lowest BCUT2D eigenvalue weighted by Gasteiger charge is -2.28. The second-order valence-electron chi connectivity index (χ2n) is 6.03. The summed E-state index contributed by atoms with van der Waals surface area (Å²) in [5.74, 6) is -0.382. The van der Waals surface area contributed by atoms with Crippen molar-refractivity contribution in [1.82, 2.24) is 9.80 Å². The van der Waals surface area contributed by atoms with E-state index in [-0.39, 0.29) is 18.1 Å². The van der Waals surface area contributed by atoms with E-state index in [9.17, 15) is 14.7 Å². The Balaban J connectivity index is 1.71. The molecule has 2 bridgehead atoms. The van der Waals surface area contributed by atoms with Crippen LogP contribution in [0.4, 0.5) is 4.79 Å². The first kappa shape index (κ1) is 14.0. The van der Waals surface area contributed by atoms with Gasteiger partial charge in [0.2, 0.25) is 0 Å². The van der Waals surface area contributed by atoms with Crippen LogP contribution in [0, 0.1) is 12.8 Å². The van der Waals surface area contributed by atoms with Gasteiger partial charge in [-0.25, -0.2) is 4.79 Å². The summed E-state index contributed by atoms with van der Waals surface area (Å²) >= 11 is 0. The molecular weight excluding hydrogens is 272 g/mol. The number of amides is 2. The number of rotatable bonds is 3. The highest BCUT2D eigenvalue weighted by Gasteiger charge is 2.51. The lowest BCUT2D eigenvalue weighted by Crippen LogP contribution is -2.44. The second kappa shape index (κ2) is 5.09. The zero-order chi connectivity index (χ0) is 15.1. The molecule has 2 amide bonds. The van der Waals surface area contributed by atoms with Gasteiger partial charge in [-0.15, -0.1) is 0 Å². The van der Waals surface area contributed by atoms with E-state index < -0.39 is 11.9 Å². The minimum Gasteiger partial charge on any atom is -0.481 e. The smallest absolute Gasteiger partial charge is 0.320 e. The van der Waals surface area contributed by atoms with Gasteiger partial charge in [0, 0.05) is 24.7 Å². The molecule has 1 aromatic rings. The highest BCUT2D eigenvalue weighted by molar-refractivity contribution is 5.79. The molecule has 114 valence electrons. The summed E-state index contributed by atoms with van der Waals surface area (Å²) in [6.07, 6.45) is 3.91. The van der Waals surface area contributed by atoms with Crippen LogP contribution >= 0.6 is 0 Å². The number of carboxylic acids is 1. The van der Waals surface area contributed by atoms with E-state index in [1.807, 2.05) is 13.0 Å². The van der Waals surface area contributed by atoms with Gasteiger partial charge in [0.05, 0.1) is 18.7 Å². The summed E-state index contributed by atoms with van der Waals surface area (Å²) in [6.45, 7) is 2.35. The molecule has 1 N–H and O–H groups in total. The Bertz CT molecular complexity index is 568. The third-order valence-corrected chi connectivity index (χ3v) is 4.78. The Kier molecular flexibility index (Phi) is 3.39. The van der Waals surface area contributed by atoms with E-state index >= 15 is 0 Å². The molecule has 3 unspecified atom stereocenters. The Morgan fingerprint density at radius 2 is 2.24 bits per heavy atom. The molecule has 0 radical (unpaired) electrons. The second-order valence-corrected chi connectivity index (χ2v) is 6.03. The van der Waals surface area contributed by atoms with Crippen molar-refractivity contribution < 1.29 is 19.1 Å². The van der Waals surface area contributed by atoms with Crippen LogP contribution in [0.25, 0.3) is 0 Å². The molecule has 3 atom stereocenters. The number of carbonyl (C=O) groups is 2. The largest absolute Gasteiger partial charge is 0.481 e. The first-order valence-corrected chi connectivity index (χ1v) is 7.28. The third kappa shape index (κ3) is 2.28. The van der Waals surface area contributed by atoms with E-state index in [0.29, 0.717) is 13.0 Å². The summed E-state index contributed by atoms with van der Waals surface area (Å²) in [7, 11) is 1.75. The van der Waals surface area contributed by atoms with Crippen LogP contribution in [0.3, 0.4) is 0 Å². The fourth-order valence-electron chi connectivity index (χ4n) is 3.65. The van der Waals surface area contributed by atoms with Crippen LogP contribution in [0.2, 0.25) is 0 Å². The first-order valence-electron chi connectivity index (χ1n) is 7.28. The van der Waals surface area contributed by atoms with Gasteiger partial charge in [0.25, 0.3) is 0 Å². The summed E-state index contributed by atoms with van der Waals surface area (Å²) in [4.78, 5) is 27.3. The lowest BCUT2D eigenvalue weighted by atomic mass is 9.89. The van der Waals surface area contributed by atoms with Gasteiger partial charge in [0.15, 0.2) is 0 Å². The number of carboxylic acid groups (broad SMARTS) is 1. The third-order valence-electron chi connectivity index (χ3n) is 4.78. The standard InChI is InChI=1S/C15H20N2O4/c1-9-10(5-6-21-9)8-16(2)15(20)17-11-3-4-13(17)12(7-11)14(18)19/h5-6,11-13H,3-4,7-8H2,1-2H3,(H,18,19). The van der Waals surface area contributed by atoms with Crippen LogP contribution in [-0.4, -0.2) is 46.0 Å². The monoisotopic (exact) mass is 292 g/mol. The number of urea groups is 1. The molecule has 0 aromatic carbocycles. The quantitative estimate of drug-likeness (QED) is 0.925. The van der Waals surface area contributed by atoms with Crippen molar-refractivity contribution in [2.24, 2.45) is 5.92 Å². The molecule has 3 heterocycles. The summed E-state index contributed by atoms with van der Waals surface area (Å²) in [6, 6.07) is 1.72. The molecule has 6 nitrogen and oxygen atoms in total. The number of hydrogen-bond donors (Lipinski definition) is 1. The maximum atomic E-state index is 12.6. The van der Waals surface area contributed by atoms with E-state index in [4.69, 9.17) is 4.42 Å². The maximum absolute atomic E-state index is 12.6. The fraction of sp³-hybridized carbons (Fsp3) is 0.600. The molecule has 21 heavy (non-hydrogen) atoms. The minimum absolute atomic E-state index is 0.0770. The SMILES string of the molecule is Cc1occc1CN(C)C(=O)N1C2CCC1C(C(=O)O)C2. The zero-order valence-corrected chi connectivity index (χ0v) is 12.3. The number of carbonyl (C=O) groups excluding carboxylic acids is 1. The van der Waals surface area contributed by atoms with Crippen molar-refractivity contribution in [2.45, 2.75) is 44.8 Å². The Labute approximate surface area is 123 Å². The van der Waals surface area contributed by atoms with Gasteiger partial charge in [-0.2, -0.15) is 0 Å². The van der Waals surface area contributed by atoms with Gasteiger partial charge in [-0.1, -0.05) is 0 Å². The number of nitrogens with zero attached hydrogens (tertiary/aromatic N) is 2. The molecule has 6 heteroatoms. The predicted octanol–water partition coefficient (Wildman–Crippen LogP) is 2.08. The van der Waals surface area contributed by atoms with Crippen LogP contribution in [0.15, 0.2) is 16.7 Å². The van der Waals surface area contributed by atoms with E-state index in [1.165, 1.54) is 0 Å². The zero-order valence-electron chi connectivity index (χ0n) is 12.3. The summed E-state index contributed by atoms with van der Waals surface area (Å²) in [5, 5.41) is 9.25. The number of fused-ring (bicyclic) bond motifs is 2. The predicted molar refractivity (Wildman–Crippen MR) is 74.7 cm³/mol.